The SMILES string of the molecule is CCNC(=NCc1oc2ccc(F)cc2c1C)NCC(C)(O)CN1CCOCC1. The van der Waals surface area contributed by atoms with Crippen LogP contribution in [0.3, 0.4) is 0 Å². The number of nitrogens with zero attached hydrogens (tertiary/aromatic N) is 2. The van der Waals surface area contributed by atoms with Crippen molar-refractivity contribution >= 4 is 16.9 Å². The quantitative estimate of drug-likeness (QED) is 0.482. The Kier molecular flexibility index (Phi) is 7.10. The molecular formula is C21H31FN4O3. The maximum Gasteiger partial charge on any atom is 0.191 e. The number of aliphatic imine (C=N–C) groups is 1. The smallest absolute Gasteiger partial charge is 0.191 e. The van der Waals surface area contributed by atoms with E-state index in [4.69, 9.17) is 9.15 Å². The summed E-state index contributed by atoms with van der Waals surface area (Å²) >= 11 is 0. The predicted molar refractivity (Wildman–Crippen MR) is 112 cm³/mol. The minimum atomic E-state index is -0.902. The molecule has 0 amide bonds. The number of hydrogen-bond donors (Lipinski definition) is 3. The van der Waals surface area contributed by atoms with Crippen molar-refractivity contribution in [1.29, 1.82) is 0 Å². The molecule has 1 aliphatic heterocycles. The summed E-state index contributed by atoms with van der Waals surface area (Å²) in [6, 6.07) is 4.51. The Bertz CT molecular complexity index is 844. The van der Waals surface area contributed by atoms with E-state index in [9.17, 15) is 9.50 Å². The third kappa shape index (κ3) is 5.91. The topological polar surface area (TPSA) is 82.3 Å². The summed E-state index contributed by atoms with van der Waals surface area (Å²) in [6.07, 6.45) is 0. The van der Waals surface area contributed by atoms with Crippen molar-refractivity contribution in [3.8, 4) is 0 Å². The standard InChI is InChI=1S/C21H31FN4O3/c1-4-23-20(25-13-21(3,27)14-26-7-9-28-10-8-26)24-12-19-15(2)17-11-16(22)5-6-18(17)29-19/h5-6,11,27H,4,7-10,12-14H2,1-3H3,(H2,23,24,25). The van der Waals surface area contributed by atoms with Gasteiger partial charge in [-0.3, -0.25) is 4.90 Å². The Balaban J connectivity index is 1.63. The van der Waals surface area contributed by atoms with Crippen molar-refractivity contribution in [3.63, 3.8) is 0 Å². The van der Waals surface area contributed by atoms with Gasteiger partial charge in [0.25, 0.3) is 0 Å². The molecule has 0 aliphatic carbocycles. The van der Waals surface area contributed by atoms with Crippen LogP contribution in [0.1, 0.15) is 25.2 Å². The predicted octanol–water partition coefficient (Wildman–Crippen LogP) is 2.02. The molecule has 8 heteroatoms. The highest BCUT2D eigenvalue weighted by atomic mass is 19.1. The Morgan fingerprint density at radius 1 is 1.31 bits per heavy atom. The molecule has 3 N–H and O–H groups in total. The number of β-amino-alcohol motifs (C(OH)–C–C–N with tert-alkyl or cyclic N) is 1. The Labute approximate surface area is 170 Å². The third-order valence-corrected chi connectivity index (χ3v) is 5.03. The van der Waals surface area contributed by atoms with Crippen LogP contribution in [0.15, 0.2) is 27.6 Å². The van der Waals surface area contributed by atoms with Crippen LogP contribution in [0.4, 0.5) is 4.39 Å². The first-order valence-electron chi connectivity index (χ1n) is 10.1. The summed E-state index contributed by atoms with van der Waals surface area (Å²) in [6.45, 7) is 10.7. The molecule has 2 heterocycles. The molecule has 1 aromatic heterocycles. The average molecular weight is 407 g/mol. The summed E-state index contributed by atoms with van der Waals surface area (Å²) in [4.78, 5) is 6.77. The number of hydrogen-bond acceptors (Lipinski definition) is 5. The van der Waals surface area contributed by atoms with Gasteiger partial charge in [0.05, 0.1) is 18.8 Å². The van der Waals surface area contributed by atoms with E-state index in [-0.39, 0.29) is 5.82 Å². The number of morpholine rings is 1. The molecule has 0 radical (unpaired) electrons. The Morgan fingerprint density at radius 3 is 2.79 bits per heavy atom. The molecule has 1 atom stereocenters. The lowest BCUT2D eigenvalue weighted by molar-refractivity contribution is -0.0201. The van der Waals surface area contributed by atoms with Crippen LogP contribution < -0.4 is 10.6 Å². The lowest BCUT2D eigenvalue weighted by atomic mass is 10.1. The van der Waals surface area contributed by atoms with E-state index in [2.05, 4.69) is 20.5 Å². The van der Waals surface area contributed by atoms with E-state index in [0.717, 1.165) is 24.0 Å². The summed E-state index contributed by atoms with van der Waals surface area (Å²) in [7, 11) is 0. The highest BCUT2D eigenvalue weighted by molar-refractivity contribution is 5.82. The van der Waals surface area contributed by atoms with Crippen molar-refractivity contribution in [1.82, 2.24) is 15.5 Å². The molecule has 1 unspecified atom stereocenters. The van der Waals surface area contributed by atoms with Crippen LogP contribution in [0, 0.1) is 12.7 Å². The van der Waals surface area contributed by atoms with E-state index < -0.39 is 5.60 Å². The van der Waals surface area contributed by atoms with Crippen LogP contribution >= 0.6 is 0 Å². The zero-order valence-corrected chi connectivity index (χ0v) is 17.4. The second kappa shape index (κ2) is 9.56. The molecule has 1 saturated heterocycles. The third-order valence-electron chi connectivity index (χ3n) is 5.03. The van der Waals surface area contributed by atoms with Gasteiger partial charge >= 0.3 is 0 Å². The summed E-state index contributed by atoms with van der Waals surface area (Å²) in [5.41, 5.74) is 0.638. The number of fused-ring (bicyclic) bond motifs is 1. The number of aliphatic hydroxyl groups is 1. The summed E-state index contributed by atoms with van der Waals surface area (Å²) < 4.78 is 24.7. The normalized spacial score (nSPS) is 18.0. The fraction of sp³-hybridized carbons (Fsp3) is 0.571. The van der Waals surface area contributed by atoms with Gasteiger partial charge in [0.2, 0.25) is 0 Å². The number of rotatable bonds is 7. The fourth-order valence-electron chi connectivity index (χ4n) is 3.46. The molecule has 7 nitrogen and oxygen atoms in total. The number of guanidine groups is 1. The average Bonchev–Trinajstić information content (AvgIpc) is 3.00. The number of benzene rings is 1. The van der Waals surface area contributed by atoms with Crippen molar-refractivity contribution in [2.24, 2.45) is 4.99 Å². The minimum absolute atomic E-state index is 0.283. The van der Waals surface area contributed by atoms with E-state index >= 15 is 0 Å². The zero-order chi connectivity index (χ0) is 20.9. The fourth-order valence-corrected chi connectivity index (χ4v) is 3.46. The van der Waals surface area contributed by atoms with Crippen LogP contribution in [-0.4, -0.2) is 67.5 Å². The minimum Gasteiger partial charge on any atom is -0.459 e. The first-order chi connectivity index (χ1) is 13.9. The van der Waals surface area contributed by atoms with Crippen LogP contribution in [0.2, 0.25) is 0 Å². The van der Waals surface area contributed by atoms with Crippen molar-refractivity contribution < 1.29 is 18.7 Å². The molecule has 160 valence electrons. The van der Waals surface area contributed by atoms with Gasteiger partial charge in [-0.05, 0) is 39.0 Å². The molecule has 0 saturated carbocycles. The molecule has 0 bridgehead atoms. The first kappa shape index (κ1) is 21.5. The van der Waals surface area contributed by atoms with Crippen molar-refractivity contribution in [2.45, 2.75) is 32.9 Å². The number of halogens is 1. The zero-order valence-electron chi connectivity index (χ0n) is 17.4. The van der Waals surface area contributed by atoms with Gasteiger partial charge in [0, 0.05) is 43.7 Å². The van der Waals surface area contributed by atoms with E-state index in [1.54, 1.807) is 6.07 Å². The van der Waals surface area contributed by atoms with E-state index in [1.165, 1.54) is 12.1 Å². The Morgan fingerprint density at radius 2 is 2.07 bits per heavy atom. The van der Waals surface area contributed by atoms with Crippen molar-refractivity contribution in [2.75, 3.05) is 45.9 Å². The van der Waals surface area contributed by atoms with Gasteiger partial charge in [0.1, 0.15) is 23.7 Å². The second-order valence-corrected chi connectivity index (χ2v) is 7.72. The molecule has 1 fully saturated rings. The second-order valence-electron chi connectivity index (χ2n) is 7.72. The van der Waals surface area contributed by atoms with Crippen LogP contribution in [0.25, 0.3) is 11.0 Å². The van der Waals surface area contributed by atoms with Gasteiger partial charge in [0.15, 0.2) is 5.96 Å². The molecule has 1 aliphatic rings. The maximum atomic E-state index is 13.5. The lowest BCUT2D eigenvalue weighted by Gasteiger charge is -2.34. The Hall–Kier alpha value is -2.16. The monoisotopic (exact) mass is 406 g/mol. The van der Waals surface area contributed by atoms with Gasteiger partial charge < -0.3 is 24.9 Å². The molecule has 29 heavy (non-hydrogen) atoms. The number of furan rings is 1. The molecular weight excluding hydrogens is 375 g/mol. The first-order valence-corrected chi connectivity index (χ1v) is 10.1. The van der Waals surface area contributed by atoms with Gasteiger partial charge in [-0.15, -0.1) is 0 Å². The maximum absolute atomic E-state index is 13.5. The molecule has 2 aromatic rings. The van der Waals surface area contributed by atoms with Gasteiger partial charge in [-0.1, -0.05) is 0 Å². The highest BCUT2D eigenvalue weighted by Gasteiger charge is 2.25. The number of ether oxygens (including phenoxy) is 1. The van der Waals surface area contributed by atoms with Crippen LogP contribution in [0.5, 0.6) is 0 Å². The van der Waals surface area contributed by atoms with Crippen LogP contribution in [-0.2, 0) is 11.3 Å². The summed E-state index contributed by atoms with van der Waals surface area (Å²) in [5.74, 6) is 1.01. The van der Waals surface area contributed by atoms with Crippen molar-refractivity contribution in [3.05, 3.63) is 35.3 Å². The lowest BCUT2D eigenvalue weighted by Crippen LogP contribution is -2.52. The molecule has 0 spiro atoms. The van der Waals surface area contributed by atoms with E-state index in [1.807, 2.05) is 20.8 Å². The molecule has 1 aromatic carbocycles. The number of aryl methyl sites for hydroxylation is 1. The highest BCUT2D eigenvalue weighted by Crippen LogP contribution is 2.26. The largest absolute Gasteiger partial charge is 0.459 e. The summed E-state index contributed by atoms with van der Waals surface area (Å²) in [5, 5.41) is 17.9. The molecule has 3 rings (SSSR count). The van der Waals surface area contributed by atoms with E-state index in [0.29, 0.717) is 56.7 Å². The number of nitrogens with one attached hydrogen (secondary N) is 2. The van der Waals surface area contributed by atoms with Gasteiger partial charge in [-0.2, -0.15) is 0 Å². The van der Waals surface area contributed by atoms with Gasteiger partial charge in [-0.25, -0.2) is 9.38 Å².